The molecule has 6 heteroatoms. The van der Waals surface area contributed by atoms with E-state index >= 15 is 0 Å². The molecule has 0 aliphatic heterocycles. The van der Waals surface area contributed by atoms with Gasteiger partial charge in [-0.3, -0.25) is 4.79 Å². The van der Waals surface area contributed by atoms with Crippen LogP contribution in [0.4, 0.5) is 10.1 Å². The number of carbonyl (C=O) groups is 1. The van der Waals surface area contributed by atoms with Crippen LogP contribution in [0.5, 0.6) is 0 Å². The summed E-state index contributed by atoms with van der Waals surface area (Å²) >= 11 is 1.06. The van der Waals surface area contributed by atoms with Crippen molar-refractivity contribution < 1.29 is 19.4 Å². The largest absolute Gasteiger partial charge is 0.481 e. The number of thioether (sulfide) groups is 1. The van der Waals surface area contributed by atoms with E-state index in [-0.39, 0.29) is 12.2 Å². The molecule has 0 aliphatic carbocycles. The van der Waals surface area contributed by atoms with Crippen molar-refractivity contribution in [1.29, 1.82) is 0 Å². The molecule has 1 aromatic rings. The van der Waals surface area contributed by atoms with E-state index in [4.69, 9.17) is 10.8 Å². The van der Waals surface area contributed by atoms with E-state index in [2.05, 4.69) is 0 Å². The topological polar surface area (TPSA) is 83.5 Å². The van der Waals surface area contributed by atoms with Crippen molar-refractivity contribution in [1.82, 2.24) is 0 Å². The molecule has 0 aromatic heterocycles. The molecule has 0 aliphatic rings. The third-order valence-electron chi connectivity index (χ3n) is 1.80. The summed E-state index contributed by atoms with van der Waals surface area (Å²) in [5.74, 6) is -1.41. The summed E-state index contributed by atoms with van der Waals surface area (Å²) in [7, 11) is 0. The van der Waals surface area contributed by atoms with Gasteiger partial charge in [-0.25, -0.2) is 4.39 Å². The number of nitrogen functional groups attached to an aromatic ring is 1. The number of aliphatic hydroxyl groups excluding tert-OH is 1. The van der Waals surface area contributed by atoms with Gasteiger partial charge in [0.15, 0.2) is 0 Å². The Labute approximate surface area is 96.3 Å². The summed E-state index contributed by atoms with van der Waals surface area (Å²) in [5, 5.41) is 17.7. The molecule has 0 saturated heterocycles. The van der Waals surface area contributed by atoms with Crippen LogP contribution < -0.4 is 5.73 Å². The second kappa shape index (κ2) is 5.72. The van der Waals surface area contributed by atoms with E-state index in [1.54, 1.807) is 6.07 Å². The van der Waals surface area contributed by atoms with E-state index in [1.165, 1.54) is 12.1 Å². The second-order valence-electron chi connectivity index (χ2n) is 3.25. The van der Waals surface area contributed by atoms with E-state index in [0.717, 1.165) is 11.8 Å². The van der Waals surface area contributed by atoms with E-state index in [9.17, 15) is 14.3 Å². The number of halogens is 1. The van der Waals surface area contributed by atoms with E-state index in [0.29, 0.717) is 10.6 Å². The average molecular weight is 245 g/mol. The lowest BCUT2D eigenvalue weighted by atomic mass is 10.3. The van der Waals surface area contributed by atoms with Gasteiger partial charge in [0, 0.05) is 16.3 Å². The number of aliphatic carboxylic acids is 1. The number of nitrogens with two attached hydrogens (primary N) is 1. The third kappa shape index (κ3) is 4.08. The Balaban J connectivity index is 2.51. The van der Waals surface area contributed by atoms with Crippen molar-refractivity contribution >= 4 is 23.4 Å². The molecule has 16 heavy (non-hydrogen) atoms. The number of anilines is 1. The summed E-state index contributed by atoms with van der Waals surface area (Å²) in [5.41, 5.74) is 5.70. The number of carboxylic acid groups (broad SMARTS) is 1. The van der Waals surface area contributed by atoms with Crippen molar-refractivity contribution in [3.05, 3.63) is 24.0 Å². The molecular formula is C10H12FNO3S. The SMILES string of the molecule is Nc1ccc(SCC(O)CC(=O)O)c(F)c1. The van der Waals surface area contributed by atoms with Gasteiger partial charge in [-0.1, -0.05) is 0 Å². The first kappa shape index (κ1) is 12.8. The number of carboxylic acids is 1. The molecule has 0 spiro atoms. The lowest BCUT2D eigenvalue weighted by molar-refractivity contribution is -0.138. The van der Waals surface area contributed by atoms with Gasteiger partial charge < -0.3 is 15.9 Å². The molecule has 0 heterocycles. The molecule has 1 unspecified atom stereocenters. The minimum Gasteiger partial charge on any atom is -0.481 e. The van der Waals surface area contributed by atoms with Crippen molar-refractivity contribution in [2.45, 2.75) is 17.4 Å². The molecule has 4 N–H and O–H groups in total. The van der Waals surface area contributed by atoms with Crippen molar-refractivity contribution in [2.24, 2.45) is 0 Å². The minimum atomic E-state index is -1.08. The van der Waals surface area contributed by atoms with Gasteiger partial charge in [-0.05, 0) is 18.2 Å². The summed E-state index contributed by atoms with van der Waals surface area (Å²) in [6.45, 7) is 0. The fourth-order valence-electron chi connectivity index (χ4n) is 1.08. The predicted octanol–water partition coefficient (Wildman–Crippen LogP) is 1.34. The Kier molecular flexibility index (Phi) is 4.57. The molecule has 4 nitrogen and oxygen atoms in total. The quantitative estimate of drug-likeness (QED) is 0.538. The van der Waals surface area contributed by atoms with Gasteiger partial charge in [0.1, 0.15) is 5.82 Å². The normalized spacial score (nSPS) is 12.4. The highest BCUT2D eigenvalue weighted by molar-refractivity contribution is 7.99. The van der Waals surface area contributed by atoms with Crippen molar-refractivity contribution in [3.8, 4) is 0 Å². The first-order valence-electron chi connectivity index (χ1n) is 4.56. The van der Waals surface area contributed by atoms with Crippen LogP contribution in [0.25, 0.3) is 0 Å². The zero-order valence-electron chi connectivity index (χ0n) is 8.39. The van der Waals surface area contributed by atoms with Crippen LogP contribution in [-0.4, -0.2) is 28.0 Å². The summed E-state index contributed by atoms with van der Waals surface area (Å²) < 4.78 is 13.3. The highest BCUT2D eigenvalue weighted by Crippen LogP contribution is 2.24. The highest BCUT2D eigenvalue weighted by Gasteiger charge is 2.11. The summed E-state index contributed by atoms with van der Waals surface area (Å²) in [6, 6.07) is 4.24. The fraction of sp³-hybridized carbons (Fsp3) is 0.300. The molecule has 0 bridgehead atoms. The molecule has 0 saturated carbocycles. The van der Waals surface area contributed by atoms with E-state index < -0.39 is 17.9 Å². The number of hydrogen-bond donors (Lipinski definition) is 3. The third-order valence-corrected chi connectivity index (χ3v) is 2.99. The Hall–Kier alpha value is -1.27. The lowest BCUT2D eigenvalue weighted by Gasteiger charge is -2.08. The second-order valence-corrected chi connectivity index (χ2v) is 4.31. The van der Waals surface area contributed by atoms with Gasteiger partial charge in [-0.15, -0.1) is 11.8 Å². The van der Waals surface area contributed by atoms with Gasteiger partial charge in [0.05, 0.1) is 12.5 Å². The summed E-state index contributed by atoms with van der Waals surface area (Å²) in [4.78, 5) is 10.6. The molecule has 1 atom stereocenters. The van der Waals surface area contributed by atoms with Crippen LogP contribution in [0.3, 0.4) is 0 Å². The molecule has 0 radical (unpaired) electrons. The predicted molar refractivity (Wildman–Crippen MR) is 59.8 cm³/mol. The maximum absolute atomic E-state index is 13.3. The molecule has 1 aromatic carbocycles. The summed E-state index contributed by atoms with van der Waals surface area (Å²) in [6.07, 6.45) is -1.33. The first-order valence-corrected chi connectivity index (χ1v) is 5.55. The van der Waals surface area contributed by atoms with Crippen LogP contribution in [0.2, 0.25) is 0 Å². The molecular weight excluding hydrogens is 233 g/mol. The van der Waals surface area contributed by atoms with Gasteiger partial charge in [0.25, 0.3) is 0 Å². The monoisotopic (exact) mass is 245 g/mol. The zero-order chi connectivity index (χ0) is 12.1. The molecule has 0 fully saturated rings. The van der Waals surface area contributed by atoms with Crippen LogP contribution >= 0.6 is 11.8 Å². The number of benzene rings is 1. The molecule has 0 amide bonds. The highest BCUT2D eigenvalue weighted by atomic mass is 32.2. The van der Waals surface area contributed by atoms with Gasteiger partial charge >= 0.3 is 5.97 Å². The van der Waals surface area contributed by atoms with Crippen LogP contribution in [0, 0.1) is 5.82 Å². The maximum atomic E-state index is 13.3. The smallest absolute Gasteiger partial charge is 0.306 e. The lowest BCUT2D eigenvalue weighted by Crippen LogP contribution is -2.15. The fourth-order valence-corrected chi connectivity index (χ4v) is 1.93. The Morgan fingerprint density at radius 2 is 2.25 bits per heavy atom. The number of hydrogen-bond acceptors (Lipinski definition) is 4. The Bertz CT molecular complexity index is 386. The number of aliphatic hydroxyl groups is 1. The van der Waals surface area contributed by atoms with Gasteiger partial charge in [0.2, 0.25) is 0 Å². The Morgan fingerprint density at radius 1 is 1.56 bits per heavy atom. The maximum Gasteiger partial charge on any atom is 0.306 e. The average Bonchev–Trinajstić information content (AvgIpc) is 2.15. The standard InChI is InChI=1S/C10H12FNO3S/c11-8-3-6(12)1-2-9(8)16-5-7(13)4-10(14)15/h1-3,7,13H,4-5,12H2,(H,14,15). The van der Waals surface area contributed by atoms with Gasteiger partial charge in [-0.2, -0.15) is 0 Å². The number of rotatable bonds is 5. The van der Waals surface area contributed by atoms with Crippen LogP contribution in [-0.2, 0) is 4.79 Å². The first-order chi connectivity index (χ1) is 7.49. The Morgan fingerprint density at radius 3 is 2.81 bits per heavy atom. The molecule has 88 valence electrons. The zero-order valence-corrected chi connectivity index (χ0v) is 9.21. The van der Waals surface area contributed by atoms with Crippen molar-refractivity contribution in [3.63, 3.8) is 0 Å². The van der Waals surface area contributed by atoms with Crippen LogP contribution in [0.1, 0.15) is 6.42 Å². The van der Waals surface area contributed by atoms with E-state index in [1.807, 2.05) is 0 Å². The molecule has 1 rings (SSSR count). The van der Waals surface area contributed by atoms with Crippen molar-refractivity contribution in [2.75, 3.05) is 11.5 Å². The minimum absolute atomic E-state index is 0.132. The van der Waals surface area contributed by atoms with Crippen LogP contribution in [0.15, 0.2) is 23.1 Å².